The number of nitro groups is 1. The third-order valence-electron chi connectivity index (χ3n) is 2.86. The zero-order valence-electron chi connectivity index (χ0n) is 10.6. The van der Waals surface area contributed by atoms with E-state index in [9.17, 15) is 10.1 Å². The number of nitrogens with zero attached hydrogens (tertiary/aromatic N) is 3. The first-order chi connectivity index (χ1) is 9.52. The van der Waals surface area contributed by atoms with Crippen molar-refractivity contribution in [3.63, 3.8) is 0 Å². The molecule has 0 N–H and O–H groups in total. The van der Waals surface area contributed by atoms with Crippen LogP contribution in [0.3, 0.4) is 0 Å². The Kier molecular flexibility index (Phi) is 4.20. The van der Waals surface area contributed by atoms with Gasteiger partial charge in [0.1, 0.15) is 5.69 Å². The summed E-state index contributed by atoms with van der Waals surface area (Å²) in [6.07, 6.45) is 0. The van der Waals surface area contributed by atoms with E-state index >= 15 is 0 Å². The van der Waals surface area contributed by atoms with E-state index in [0.717, 1.165) is 9.26 Å². The maximum atomic E-state index is 11.2. The monoisotopic (exact) mass is 379 g/mol. The summed E-state index contributed by atoms with van der Waals surface area (Å²) < 4.78 is 0.803. The van der Waals surface area contributed by atoms with Crippen LogP contribution in [0.4, 0.5) is 17.1 Å². The van der Waals surface area contributed by atoms with Gasteiger partial charge in [-0.1, -0.05) is 6.07 Å². The average Bonchev–Trinajstić information content (AvgIpc) is 2.46. The molecular weight excluding hydrogens is 369 g/mol. The van der Waals surface area contributed by atoms with Gasteiger partial charge in [-0.15, -0.1) is 0 Å². The minimum absolute atomic E-state index is 0.0433. The van der Waals surface area contributed by atoms with E-state index in [1.165, 1.54) is 6.07 Å². The van der Waals surface area contributed by atoms with Crippen LogP contribution in [-0.4, -0.2) is 12.0 Å². The molecule has 2 rings (SSSR count). The molecule has 0 radical (unpaired) electrons. The number of nitriles is 1. The smallest absolute Gasteiger partial charge is 0.293 e. The van der Waals surface area contributed by atoms with Crippen LogP contribution in [0.15, 0.2) is 42.5 Å². The molecule has 2 aromatic rings. The molecule has 0 aliphatic rings. The highest BCUT2D eigenvalue weighted by Crippen LogP contribution is 2.33. The molecule has 0 bridgehead atoms. The summed E-state index contributed by atoms with van der Waals surface area (Å²) in [6.45, 7) is 0. The van der Waals surface area contributed by atoms with Crippen molar-refractivity contribution in [1.82, 2.24) is 0 Å². The van der Waals surface area contributed by atoms with Gasteiger partial charge in [0, 0.05) is 22.4 Å². The van der Waals surface area contributed by atoms with Crippen LogP contribution in [0, 0.1) is 25.0 Å². The average molecular weight is 379 g/mol. The summed E-state index contributed by atoms with van der Waals surface area (Å²) in [7, 11) is 1.74. The van der Waals surface area contributed by atoms with Gasteiger partial charge in [-0.3, -0.25) is 10.1 Å². The summed E-state index contributed by atoms with van der Waals surface area (Å²) in [5.74, 6) is 0. The maximum Gasteiger partial charge on any atom is 0.293 e. The molecule has 0 spiro atoms. The van der Waals surface area contributed by atoms with E-state index in [1.807, 2.05) is 34.7 Å². The quantitative estimate of drug-likeness (QED) is 0.462. The zero-order chi connectivity index (χ0) is 14.7. The van der Waals surface area contributed by atoms with Crippen molar-refractivity contribution in [3.05, 3.63) is 61.7 Å². The van der Waals surface area contributed by atoms with E-state index in [0.29, 0.717) is 11.3 Å². The lowest BCUT2D eigenvalue weighted by Crippen LogP contribution is -2.11. The van der Waals surface area contributed by atoms with Crippen LogP contribution in [0.25, 0.3) is 0 Å². The molecule has 0 aromatic heterocycles. The molecule has 0 heterocycles. The van der Waals surface area contributed by atoms with Gasteiger partial charge in [-0.05, 0) is 52.9 Å². The van der Waals surface area contributed by atoms with E-state index < -0.39 is 4.92 Å². The molecular formula is C14H10IN3O2. The molecule has 6 heteroatoms. The lowest BCUT2D eigenvalue weighted by molar-refractivity contribution is -0.384. The molecule has 0 atom stereocenters. The highest BCUT2D eigenvalue weighted by molar-refractivity contribution is 14.1. The Morgan fingerprint density at radius 3 is 2.70 bits per heavy atom. The van der Waals surface area contributed by atoms with E-state index in [2.05, 4.69) is 6.07 Å². The Morgan fingerprint density at radius 1 is 1.30 bits per heavy atom. The van der Waals surface area contributed by atoms with Crippen molar-refractivity contribution in [1.29, 1.82) is 5.26 Å². The van der Waals surface area contributed by atoms with Gasteiger partial charge in [-0.25, -0.2) is 0 Å². The van der Waals surface area contributed by atoms with Crippen LogP contribution in [0.5, 0.6) is 0 Å². The van der Waals surface area contributed by atoms with Gasteiger partial charge in [0.05, 0.1) is 16.6 Å². The number of hydrogen-bond acceptors (Lipinski definition) is 4. The number of nitro benzene ring substituents is 1. The third-order valence-corrected chi connectivity index (χ3v) is 3.53. The lowest BCUT2D eigenvalue weighted by Gasteiger charge is -2.19. The largest absolute Gasteiger partial charge is 0.339 e. The fraction of sp³-hybridized carbons (Fsp3) is 0.0714. The van der Waals surface area contributed by atoms with Crippen LogP contribution < -0.4 is 4.90 Å². The number of anilines is 2. The Hall–Kier alpha value is -2.14. The van der Waals surface area contributed by atoms with Gasteiger partial charge < -0.3 is 4.90 Å². The normalized spacial score (nSPS) is 9.85. The maximum absolute atomic E-state index is 11.2. The number of halogens is 1. The van der Waals surface area contributed by atoms with E-state index in [4.69, 9.17) is 5.26 Å². The van der Waals surface area contributed by atoms with Crippen molar-refractivity contribution in [2.24, 2.45) is 0 Å². The molecule has 0 aliphatic carbocycles. The predicted molar refractivity (Wildman–Crippen MR) is 85.0 cm³/mol. The molecule has 0 saturated heterocycles. The predicted octanol–water partition coefficient (Wildman–Crippen LogP) is 3.84. The summed E-state index contributed by atoms with van der Waals surface area (Å²) in [4.78, 5) is 12.5. The Morgan fingerprint density at radius 2 is 2.05 bits per heavy atom. The van der Waals surface area contributed by atoms with Crippen LogP contribution in [0.2, 0.25) is 0 Å². The van der Waals surface area contributed by atoms with Gasteiger partial charge in [0.25, 0.3) is 5.69 Å². The van der Waals surface area contributed by atoms with Crippen molar-refractivity contribution in [3.8, 4) is 6.07 Å². The highest BCUT2D eigenvalue weighted by Gasteiger charge is 2.18. The first-order valence-electron chi connectivity index (χ1n) is 5.71. The van der Waals surface area contributed by atoms with Gasteiger partial charge >= 0.3 is 0 Å². The highest BCUT2D eigenvalue weighted by atomic mass is 127. The second-order valence-electron chi connectivity index (χ2n) is 4.11. The van der Waals surface area contributed by atoms with Crippen molar-refractivity contribution >= 4 is 39.7 Å². The summed E-state index contributed by atoms with van der Waals surface area (Å²) in [6, 6.07) is 14.1. The standard InChI is InChI=1S/C14H10IN3O2/c1-17(12-4-2-3-10(7-12)9-16)13-6-5-11(15)8-14(13)18(19)20/h2-8H,1H3. The summed E-state index contributed by atoms with van der Waals surface area (Å²) in [5, 5.41) is 20.1. The Balaban J connectivity index is 2.50. The zero-order valence-corrected chi connectivity index (χ0v) is 12.7. The van der Waals surface area contributed by atoms with E-state index in [1.54, 1.807) is 36.2 Å². The molecule has 0 amide bonds. The minimum atomic E-state index is -0.401. The number of benzene rings is 2. The van der Waals surface area contributed by atoms with Gasteiger partial charge in [0.15, 0.2) is 0 Å². The fourth-order valence-corrected chi connectivity index (χ4v) is 2.32. The molecule has 0 fully saturated rings. The van der Waals surface area contributed by atoms with Crippen molar-refractivity contribution in [2.75, 3.05) is 11.9 Å². The minimum Gasteiger partial charge on any atom is -0.339 e. The molecule has 0 unspecified atom stereocenters. The second kappa shape index (κ2) is 5.88. The number of hydrogen-bond donors (Lipinski definition) is 0. The number of rotatable bonds is 3. The van der Waals surface area contributed by atoms with Gasteiger partial charge in [-0.2, -0.15) is 5.26 Å². The lowest BCUT2D eigenvalue weighted by atomic mass is 10.2. The molecule has 100 valence electrons. The van der Waals surface area contributed by atoms with Crippen molar-refractivity contribution < 1.29 is 4.92 Å². The molecule has 0 aliphatic heterocycles. The first kappa shape index (κ1) is 14.3. The van der Waals surface area contributed by atoms with Crippen molar-refractivity contribution in [2.45, 2.75) is 0 Å². The summed E-state index contributed by atoms with van der Waals surface area (Å²) in [5.41, 5.74) is 1.78. The molecule has 0 saturated carbocycles. The van der Waals surface area contributed by atoms with Gasteiger partial charge in [0.2, 0.25) is 0 Å². The topological polar surface area (TPSA) is 70.2 Å². The fourth-order valence-electron chi connectivity index (χ4n) is 1.85. The van der Waals surface area contributed by atoms with Crippen LogP contribution >= 0.6 is 22.6 Å². The molecule has 2 aromatic carbocycles. The molecule has 5 nitrogen and oxygen atoms in total. The Labute approximate surface area is 129 Å². The van der Waals surface area contributed by atoms with Crippen LogP contribution in [-0.2, 0) is 0 Å². The SMILES string of the molecule is CN(c1cccc(C#N)c1)c1ccc(I)cc1[N+](=O)[O-]. The first-order valence-corrected chi connectivity index (χ1v) is 6.78. The van der Waals surface area contributed by atoms with Crippen LogP contribution in [0.1, 0.15) is 5.56 Å². The Bertz CT molecular complexity index is 710. The van der Waals surface area contributed by atoms with E-state index in [-0.39, 0.29) is 5.69 Å². The summed E-state index contributed by atoms with van der Waals surface area (Å²) >= 11 is 2.04. The molecule has 20 heavy (non-hydrogen) atoms. The second-order valence-corrected chi connectivity index (χ2v) is 5.36. The third kappa shape index (κ3) is 2.88.